The molecular formula is C25H31N5O3S. The van der Waals surface area contributed by atoms with E-state index in [2.05, 4.69) is 22.0 Å². The van der Waals surface area contributed by atoms with Crippen LogP contribution in [0.4, 0.5) is 0 Å². The fourth-order valence-electron chi connectivity index (χ4n) is 3.88. The summed E-state index contributed by atoms with van der Waals surface area (Å²) in [5.41, 5.74) is 0.973. The Morgan fingerprint density at radius 1 is 0.971 bits per heavy atom. The maximum absolute atomic E-state index is 12.8. The van der Waals surface area contributed by atoms with Crippen LogP contribution in [-0.4, -0.2) is 82.7 Å². The van der Waals surface area contributed by atoms with E-state index in [1.165, 1.54) is 11.8 Å². The van der Waals surface area contributed by atoms with Crippen LogP contribution in [0.15, 0.2) is 59.8 Å². The van der Waals surface area contributed by atoms with Gasteiger partial charge in [-0.1, -0.05) is 30.0 Å². The van der Waals surface area contributed by atoms with Gasteiger partial charge in [0.05, 0.1) is 12.9 Å². The molecule has 0 bridgehead atoms. The average Bonchev–Trinajstić information content (AvgIpc) is 3.31. The van der Waals surface area contributed by atoms with Gasteiger partial charge in [-0.25, -0.2) is 0 Å². The highest BCUT2D eigenvalue weighted by atomic mass is 32.2. The number of aromatic nitrogens is 3. The molecule has 0 saturated carbocycles. The van der Waals surface area contributed by atoms with E-state index in [0.29, 0.717) is 12.4 Å². The molecule has 1 saturated heterocycles. The monoisotopic (exact) mass is 481 g/mol. The summed E-state index contributed by atoms with van der Waals surface area (Å²) in [6.07, 6.45) is 0. The van der Waals surface area contributed by atoms with Crippen LogP contribution in [-0.2, 0) is 11.3 Å². The Balaban J connectivity index is 1.23. The molecule has 0 N–H and O–H groups in total. The molecule has 2 heterocycles. The molecule has 0 spiro atoms. The second-order valence-electron chi connectivity index (χ2n) is 7.95. The number of ether oxygens (including phenoxy) is 2. The van der Waals surface area contributed by atoms with Crippen LogP contribution in [0.3, 0.4) is 0 Å². The Bertz CT molecular complexity index is 1050. The number of hydrogen-bond acceptors (Lipinski definition) is 7. The van der Waals surface area contributed by atoms with Gasteiger partial charge in [-0.3, -0.25) is 9.69 Å². The van der Waals surface area contributed by atoms with E-state index in [4.69, 9.17) is 9.47 Å². The van der Waals surface area contributed by atoms with Gasteiger partial charge in [-0.15, -0.1) is 10.2 Å². The zero-order valence-corrected chi connectivity index (χ0v) is 20.5. The number of methoxy groups -OCH3 is 1. The van der Waals surface area contributed by atoms with Gasteiger partial charge in [-0.2, -0.15) is 0 Å². The zero-order valence-electron chi connectivity index (χ0n) is 19.7. The zero-order chi connectivity index (χ0) is 23.8. The second-order valence-corrected chi connectivity index (χ2v) is 8.89. The predicted molar refractivity (Wildman–Crippen MR) is 133 cm³/mol. The first-order chi connectivity index (χ1) is 16.7. The van der Waals surface area contributed by atoms with Crippen molar-refractivity contribution in [2.45, 2.75) is 18.6 Å². The van der Waals surface area contributed by atoms with Gasteiger partial charge in [0.15, 0.2) is 11.0 Å². The van der Waals surface area contributed by atoms with Gasteiger partial charge >= 0.3 is 0 Å². The summed E-state index contributed by atoms with van der Waals surface area (Å²) in [5, 5.41) is 9.48. The highest BCUT2D eigenvalue weighted by Crippen LogP contribution is 2.26. The van der Waals surface area contributed by atoms with E-state index >= 15 is 0 Å². The molecule has 1 aliphatic rings. The summed E-state index contributed by atoms with van der Waals surface area (Å²) in [6, 6.07) is 17.6. The van der Waals surface area contributed by atoms with Crippen molar-refractivity contribution in [3.8, 4) is 22.9 Å². The molecule has 3 aromatic rings. The summed E-state index contributed by atoms with van der Waals surface area (Å²) in [6.45, 7) is 7.50. The number of nitrogens with zero attached hydrogens (tertiary/aromatic N) is 5. The summed E-state index contributed by atoms with van der Waals surface area (Å²) >= 11 is 1.45. The van der Waals surface area contributed by atoms with Crippen molar-refractivity contribution in [2.75, 3.05) is 52.2 Å². The van der Waals surface area contributed by atoms with Crippen molar-refractivity contribution >= 4 is 17.7 Å². The lowest BCUT2D eigenvalue weighted by Crippen LogP contribution is -2.50. The molecule has 180 valence electrons. The number of carbonyl (C=O) groups excluding carboxylic acids is 1. The Morgan fingerprint density at radius 3 is 2.38 bits per heavy atom. The highest BCUT2D eigenvalue weighted by Gasteiger charge is 2.22. The molecule has 2 aromatic carbocycles. The Hall–Kier alpha value is -3.04. The molecule has 0 radical (unpaired) electrons. The Kier molecular flexibility index (Phi) is 8.43. The Labute approximate surface area is 204 Å². The largest absolute Gasteiger partial charge is 0.497 e. The maximum atomic E-state index is 12.8. The normalized spacial score (nSPS) is 14.2. The third-order valence-corrected chi connectivity index (χ3v) is 6.80. The van der Waals surface area contributed by atoms with Crippen molar-refractivity contribution in [1.82, 2.24) is 24.6 Å². The van der Waals surface area contributed by atoms with E-state index in [9.17, 15) is 4.79 Å². The van der Waals surface area contributed by atoms with Crippen LogP contribution >= 0.6 is 11.8 Å². The van der Waals surface area contributed by atoms with Crippen LogP contribution < -0.4 is 9.47 Å². The van der Waals surface area contributed by atoms with Gasteiger partial charge in [0.25, 0.3) is 0 Å². The minimum absolute atomic E-state index is 0.141. The molecule has 4 rings (SSSR count). The van der Waals surface area contributed by atoms with E-state index < -0.39 is 0 Å². The first kappa shape index (κ1) is 24.1. The van der Waals surface area contributed by atoms with E-state index in [1.807, 2.05) is 64.1 Å². The number of amides is 1. The lowest BCUT2D eigenvalue weighted by Gasteiger charge is -2.34. The molecule has 0 atom stereocenters. The predicted octanol–water partition coefficient (Wildman–Crippen LogP) is 3.29. The van der Waals surface area contributed by atoms with E-state index in [-0.39, 0.29) is 5.91 Å². The number of piperazine rings is 1. The number of carbonyl (C=O) groups is 1. The number of hydrogen-bond donors (Lipinski definition) is 0. The maximum Gasteiger partial charge on any atom is 0.233 e. The van der Waals surface area contributed by atoms with Crippen molar-refractivity contribution in [1.29, 1.82) is 0 Å². The molecule has 1 fully saturated rings. The standard InChI is InChI=1S/C25H31N5O3S/c1-3-30-24(20-9-11-21(32-2)12-10-20)26-27-25(30)34-19-23(31)29-15-13-28(14-16-29)17-18-33-22-7-5-4-6-8-22/h4-12H,3,13-19H2,1-2H3. The van der Waals surface area contributed by atoms with Crippen LogP contribution in [0, 0.1) is 0 Å². The van der Waals surface area contributed by atoms with Gasteiger partial charge < -0.3 is 18.9 Å². The highest BCUT2D eigenvalue weighted by molar-refractivity contribution is 7.99. The minimum atomic E-state index is 0.141. The smallest absolute Gasteiger partial charge is 0.233 e. The van der Waals surface area contributed by atoms with E-state index in [1.54, 1.807) is 7.11 Å². The van der Waals surface area contributed by atoms with Crippen LogP contribution in [0.5, 0.6) is 11.5 Å². The molecule has 0 unspecified atom stereocenters. The summed E-state index contributed by atoms with van der Waals surface area (Å²) in [4.78, 5) is 17.1. The molecule has 1 aromatic heterocycles. The third-order valence-electron chi connectivity index (χ3n) is 5.85. The van der Waals surface area contributed by atoms with Crippen LogP contribution in [0.25, 0.3) is 11.4 Å². The van der Waals surface area contributed by atoms with Gasteiger partial charge in [0, 0.05) is 44.8 Å². The van der Waals surface area contributed by atoms with Gasteiger partial charge in [-0.05, 0) is 43.3 Å². The van der Waals surface area contributed by atoms with Crippen LogP contribution in [0.2, 0.25) is 0 Å². The lowest BCUT2D eigenvalue weighted by atomic mass is 10.2. The fourth-order valence-corrected chi connectivity index (χ4v) is 4.79. The minimum Gasteiger partial charge on any atom is -0.497 e. The lowest BCUT2D eigenvalue weighted by molar-refractivity contribution is -0.130. The molecule has 9 heteroatoms. The fraction of sp³-hybridized carbons (Fsp3) is 0.400. The van der Waals surface area contributed by atoms with E-state index in [0.717, 1.165) is 67.3 Å². The Morgan fingerprint density at radius 2 is 1.71 bits per heavy atom. The third kappa shape index (κ3) is 6.09. The summed E-state index contributed by atoms with van der Waals surface area (Å²) in [7, 11) is 1.65. The number of benzene rings is 2. The topological polar surface area (TPSA) is 72.7 Å². The molecule has 8 nitrogen and oxygen atoms in total. The van der Waals surface area contributed by atoms with Crippen LogP contribution in [0.1, 0.15) is 6.92 Å². The van der Waals surface area contributed by atoms with Crippen molar-refractivity contribution in [2.24, 2.45) is 0 Å². The van der Waals surface area contributed by atoms with Gasteiger partial charge in [0.2, 0.25) is 5.91 Å². The SMILES string of the molecule is CCn1c(SCC(=O)N2CCN(CCOc3ccccc3)CC2)nnc1-c1ccc(OC)cc1. The number of thioether (sulfide) groups is 1. The summed E-state index contributed by atoms with van der Waals surface area (Å²) in [5.74, 6) is 2.99. The first-order valence-electron chi connectivity index (χ1n) is 11.6. The van der Waals surface area contributed by atoms with Gasteiger partial charge in [0.1, 0.15) is 18.1 Å². The average molecular weight is 482 g/mol. The number of para-hydroxylation sites is 1. The molecule has 34 heavy (non-hydrogen) atoms. The molecular weight excluding hydrogens is 450 g/mol. The first-order valence-corrected chi connectivity index (χ1v) is 12.5. The second kappa shape index (κ2) is 11.9. The molecule has 1 amide bonds. The number of rotatable bonds is 10. The molecule has 1 aliphatic heterocycles. The summed E-state index contributed by atoms with van der Waals surface area (Å²) < 4.78 is 13.1. The van der Waals surface area contributed by atoms with Crippen molar-refractivity contribution < 1.29 is 14.3 Å². The molecule has 0 aliphatic carbocycles. The van der Waals surface area contributed by atoms with Crippen molar-refractivity contribution in [3.63, 3.8) is 0 Å². The van der Waals surface area contributed by atoms with Crippen molar-refractivity contribution in [3.05, 3.63) is 54.6 Å². The quantitative estimate of drug-likeness (QED) is 0.412.